The second-order valence-corrected chi connectivity index (χ2v) is 6.79. The highest BCUT2D eigenvalue weighted by Gasteiger charge is 2.07. The van der Waals surface area contributed by atoms with Gasteiger partial charge in [0.2, 0.25) is 0 Å². The van der Waals surface area contributed by atoms with Crippen LogP contribution < -0.4 is 10.1 Å². The van der Waals surface area contributed by atoms with Crippen LogP contribution >= 0.6 is 0 Å². The predicted octanol–water partition coefficient (Wildman–Crippen LogP) is 2.99. The summed E-state index contributed by atoms with van der Waals surface area (Å²) in [5, 5.41) is 3.26. The summed E-state index contributed by atoms with van der Waals surface area (Å²) in [5.41, 5.74) is 1.14. The van der Waals surface area contributed by atoms with Gasteiger partial charge in [-0.2, -0.15) is 0 Å². The Bertz CT molecular complexity index is 694. The van der Waals surface area contributed by atoms with Gasteiger partial charge in [0, 0.05) is 12.8 Å². The Balaban J connectivity index is 2.11. The van der Waals surface area contributed by atoms with Crippen LogP contribution in [0.5, 0.6) is 11.5 Å². The molecule has 0 saturated carbocycles. The van der Waals surface area contributed by atoms with Crippen molar-refractivity contribution in [3.05, 3.63) is 54.1 Å². The second-order valence-electron chi connectivity index (χ2n) is 4.77. The van der Waals surface area contributed by atoms with E-state index < -0.39 is 9.84 Å². The van der Waals surface area contributed by atoms with Crippen molar-refractivity contribution >= 4 is 9.84 Å². The van der Waals surface area contributed by atoms with Gasteiger partial charge in [-0.25, -0.2) is 8.42 Å². The fourth-order valence-corrected chi connectivity index (χ4v) is 2.51. The van der Waals surface area contributed by atoms with Gasteiger partial charge in [-0.15, -0.1) is 0 Å². The summed E-state index contributed by atoms with van der Waals surface area (Å²) in [6.45, 7) is 3.77. The van der Waals surface area contributed by atoms with Gasteiger partial charge in [0.25, 0.3) is 0 Å². The lowest BCUT2D eigenvalue weighted by Crippen LogP contribution is -2.11. The molecular formula is C16H19NO3S. The molecule has 2 aromatic carbocycles. The smallest absolute Gasteiger partial charge is 0.175 e. The van der Waals surface area contributed by atoms with Gasteiger partial charge in [-0.3, -0.25) is 0 Å². The molecule has 0 fully saturated rings. The largest absolute Gasteiger partial charge is 0.457 e. The zero-order chi connectivity index (χ0) is 15.3. The Labute approximate surface area is 125 Å². The van der Waals surface area contributed by atoms with E-state index in [0.717, 1.165) is 24.4 Å². The van der Waals surface area contributed by atoms with E-state index in [9.17, 15) is 8.42 Å². The lowest BCUT2D eigenvalue weighted by Gasteiger charge is -2.08. The Morgan fingerprint density at radius 1 is 1.05 bits per heavy atom. The number of rotatable bonds is 6. The molecule has 4 nitrogen and oxygen atoms in total. The van der Waals surface area contributed by atoms with E-state index in [1.807, 2.05) is 24.3 Å². The SMILES string of the molecule is CCNCc1cccc(Oc2ccc(S(C)(=O)=O)cc2)c1. The molecule has 0 atom stereocenters. The van der Waals surface area contributed by atoms with Crippen LogP contribution in [0.4, 0.5) is 0 Å². The number of hydrogen-bond acceptors (Lipinski definition) is 4. The van der Waals surface area contributed by atoms with Crippen molar-refractivity contribution in [3.8, 4) is 11.5 Å². The van der Waals surface area contributed by atoms with Crippen LogP contribution in [0.15, 0.2) is 53.4 Å². The molecule has 0 bridgehead atoms. The molecule has 0 aliphatic carbocycles. The number of hydrogen-bond donors (Lipinski definition) is 1. The fourth-order valence-electron chi connectivity index (χ4n) is 1.88. The molecule has 0 amide bonds. The van der Waals surface area contributed by atoms with Crippen LogP contribution in [0.1, 0.15) is 12.5 Å². The van der Waals surface area contributed by atoms with Gasteiger partial charge in [-0.1, -0.05) is 19.1 Å². The minimum Gasteiger partial charge on any atom is -0.457 e. The van der Waals surface area contributed by atoms with Gasteiger partial charge in [0.15, 0.2) is 9.84 Å². The maximum absolute atomic E-state index is 11.4. The number of sulfone groups is 1. The zero-order valence-corrected chi connectivity index (χ0v) is 13.0. The van der Waals surface area contributed by atoms with E-state index in [2.05, 4.69) is 12.2 Å². The average Bonchev–Trinajstić information content (AvgIpc) is 2.45. The minimum absolute atomic E-state index is 0.288. The quantitative estimate of drug-likeness (QED) is 0.891. The molecule has 0 spiro atoms. The van der Waals surface area contributed by atoms with Crippen molar-refractivity contribution in [1.29, 1.82) is 0 Å². The van der Waals surface area contributed by atoms with Crippen LogP contribution in [-0.4, -0.2) is 21.2 Å². The van der Waals surface area contributed by atoms with Crippen molar-refractivity contribution in [1.82, 2.24) is 5.32 Å². The lowest BCUT2D eigenvalue weighted by molar-refractivity contribution is 0.481. The zero-order valence-electron chi connectivity index (χ0n) is 12.2. The van der Waals surface area contributed by atoms with Crippen LogP contribution in [0.2, 0.25) is 0 Å². The van der Waals surface area contributed by atoms with Crippen LogP contribution in [-0.2, 0) is 16.4 Å². The maximum atomic E-state index is 11.4. The molecule has 0 aromatic heterocycles. The molecule has 0 aliphatic heterocycles. The van der Waals surface area contributed by atoms with Gasteiger partial charge in [-0.05, 0) is 48.5 Å². The third-order valence-corrected chi connectivity index (χ3v) is 4.09. The third-order valence-electron chi connectivity index (χ3n) is 2.97. The monoisotopic (exact) mass is 305 g/mol. The van der Waals surface area contributed by atoms with E-state index in [-0.39, 0.29) is 4.90 Å². The molecule has 0 aliphatic rings. The Morgan fingerprint density at radius 3 is 2.38 bits per heavy atom. The molecule has 0 radical (unpaired) electrons. The highest BCUT2D eigenvalue weighted by molar-refractivity contribution is 7.90. The van der Waals surface area contributed by atoms with Crippen molar-refractivity contribution in [3.63, 3.8) is 0 Å². The average molecular weight is 305 g/mol. The molecule has 1 N–H and O–H groups in total. The van der Waals surface area contributed by atoms with E-state index >= 15 is 0 Å². The first kappa shape index (κ1) is 15.5. The molecule has 21 heavy (non-hydrogen) atoms. The molecule has 0 heterocycles. The Morgan fingerprint density at radius 2 is 1.76 bits per heavy atom. The molecule has 2 rings (SSSR count). The first-order chi connectivity index (χ1) is 9.99. The first-order valence-electron chi connectivity index (χ1n) is 6.76. The van der Waals surface area contributed by atoms with Crippen LogP contribution in [0.25, 0.3) is 0 Å². The summed E-state index contributed by atoms with van der Waals surface area (Å²) < 4.78 is 28.5. The van der Waals surface area contributed by atoms with Crippen molar-refractivity contribution in [2.24, 2.45) is 0 Å². The van der Waals surface area contributed by atoms with Gasteiger partial charge in [0.1, 0.15) is 11.5 Å². The minimum atomic E-state index is -3.17. The standard InChI is InChI=1S/C16H19NO3S/c1-3-17-12-13-5-4-6-15(11-13)20-14-7-9-16(10-8-14)21(2,18)19/h4-11,17H,3,12H2,1-2H3. The van der Waals surface area contributed by atoms with E-state index in [1.165, 1.54) is 6.26 Å². The van der Waals surface area contributed by atoms with Gasteiger partial charge >= 0.3 is 0 Å². The molecule has 0 saturated heterocycles. The first-order valence-corrected chi connectivity index (χ1v) is 8.66. The second kappa shape index (κ2) is 6.74. The van der Waals surface area contributed by atoms with Crippen molar-refractivity contribution in [2.45, 2.75) is 18.4 Å². The summed E-state index contributed by atoms with van der Waals surface area (Å²) in [7, 11) is -3.17. The molecule has 5 heteroatoms. The summed E-state index contributed by atoms with van der Waals surface area (Å²) >= 11 is 0. The van der Waals surface area contributed by atoms with E-state index in [1.54, 1.807) is 24.3 Å². The van der Waals surface area contributed by atoms with Gasteiger partial charge < -0.3 is 10.1 Å². The fraction of sp³-hybridized carbons (Fsp3) is 0.250. The number of ether oxygens (including phenoxy) is 1. The summed E-state index contributed by atoms with van der Waals surface area (Å²) in [5.74, 6) is 1.35. The number of benzene rings is 2. The highest BCUT2D eigenvalue weighted by atomic mass is 32.2. The van der Waals surface area contributed by atoms with E-state index in [4.69, 9.17) is 4.74 Å². The summed E-state index contributed by atoms with van der Waals surface area (Å²) in [6, 6.07) is 14.2. The Kier molecular flexibility index (Phi) is 4.98. The molecular weight excluding hydrogens is 286 g/mol. The lowest BCUT2D eigenvalue weighted by atomic mass is 10.2. The normalized spacial score (nSPS) is 11.3. The van der Waals surface area contributed by atoms with E-state index in [0.29, 0.717) is 5.75 Å². The predicted molar refractivity (Wildman–Crippen MR) is 83.4 cm³/mol. The van der Waals surface area contributed by atoms with Crippen LogP contribution in [0, 0.1) is 0 Å². The van der Waals surface area contributed by atoms with Crippen molar-refractivity contribution < 1.29 is 13.2 Å². The molecule has 2 aromatic rings. The van der Waals surface area contributed by atoms with Gasteiger partial charge in [0.05, 0.1) is 4.90 Å². The highest BCUT2D eigenvalue weighted by Crippen LogP contribution is 2.23. The molecule has 0 unspecified atom stereocenters. The molecule has 112 valence electrons. The maximum Gasteiger partial charge on any atom is 0.175 e. The summed E-state index contributed by atoms with van der Waals surface area (Å²) in [4.78, 5) is 0.288. The summed E-state index contributed by atoms with van der Waals surface area (Å²) in [6.07, 6.45) is 1.19. The number of nitrogens with one attached hydrogen (secondary N) is 1. The Hall–Kier alpha value is -1.85. The third kappa shape index (κ3) is 4.58. The van der Waals surface area contributed by atoms with Crippen molar-refractivity contribution in [2.75, 3.05) is 12.8 Å². The van der Waals surface area contributed by atoms with Crippen LogP contribution in [0.3, 0.4) is 0 Å². The topological polar surface area (TPSA) is 55.4 Å².